The van der Waals surface area contributed by atoms with Crippen molar-refractivity contribution < 1.29 is 9.18 Å². The van der Waals surface area contributed by atoms with Gasteiger partial charge in [-0.1, -0.05) is 19.1 Å². The highest BCUT2D eigenvalue weighted by molar-refractivity contribution is 7.99. The van der Waals surface area contributed by atoms with Crippen molar-refractivity contribution in [3.63, 3.8) is 0 Å². The molecule has 4 heteroatoms. The lowest BCUT2D eigenvalue weighted by Crippen LogP contribution is -2.40. The predicted molar refractivity (Wildman–Crippen MR) is 77.5 cm³/mol. The average Bonchev–Trinajstić information content (AvgIpc) is 2.41. The molecule has 0 spiro atoms. The van der Waals surface area contributed by atoms with Gasteiger partial charge < -0.3 is 4.90 Å². The molecule has 2 nitrogen and oxygen atoms in total. The topological polar surface area (TPSA) is 20.3 Å². The third-order valence-electron chi connectivity index (χ3n) is 3.42. The van der Waals surface area contributed by atoms with Gasteiger partial charge in [0.25, 0.3) is 0 Å². The molecule has 104 valence electrons. The maximum Gasteiger partial charge on any atom is 0.232 e. The molecule has 0 N–H and O–H groups in total. The van der Waals surface area contributed by atoms with Gasteiger partial charge in [0.15, 0.2) is 0 Å². The lowest BCUT2D eigenvalue weighted by molar-refractivity contribution is -0.130. The minimum absolute atomic E-state index is 0.216. The first kappa shape index (κ1) is 14.4. The van der Waals surface area contributed by atoms with E-state index in [2.05, 4.69) is 6.92 Å². The molecule has 2 rings (SSSR count). The van der Waals surface area contributed by atoms with Crippen LogP contribution in [0.5, 0.6) is 0 Å². The highest BCUT2D eigenvalue weighted by Crippen LogP contribution is 2.18. The molecular weight excluding hydrogens is 261 g/mol. The van der Waals surface area contributed by atoms with Gasteiger partial charge in [-0.25, -0.2) is 4.39 Å². The van der Waals surface area contributed by atoms with Gasteiger partial charge in [-0.2, -0.15) is 0 Å². The van der Waals surface area contributed by atoms with Crippen LogP contribution in [-0.4, -0.2) is 29.6 Å². The number of nitrogens with zero attached hydrogens (tertiary/aromatic N) is 1. The normalized spacial score (nSPS) is 19.5. The third kappa shape index (κ3) is 4.53. The number of piperidine rings is 1. The van der Waals surface area contributed by atoms with Crippen LogP contribution in [-0.2, 0) is 10.5 Å². The Kier molecular flexibility index (Phi) is 5.25. The molecule has 1 unspecified atom stereocenters. The number of hydrogen-bond acceptors (Lipinski definition) is 2. The van der Waals surface area contributed by atoms with Crippen molar-refractivity contribution in [3.05, 3.63) is 35.6 Å². The second-order valence-electron chi connectivity index (χ2n) is 5.21. The van der Waals surface area contributed by atoms with Crippen molar-refractivity contribution in [2.75, 3.05) is 18.8 Å². The zero-order valence-electron chi connectivity index (χ0n) is 11.3. The lowest BCUT2D eigenvalue weighted by Gasteiger charge is -2.30. The Morgan fingerprint density at radius 2 is 2.16 bits per heavy atom. The maximum atomic E-state index is 12.7. The molecule has 1 amide bonds. The third-order valence-corrected chi connectivity index (χ3v) is 4.41. The van der Waals surface area contributed by atoms with E-state index in [1.165, 1.54) is 18.6 Å². The van der Waals surface area contributed by atoms with E-state index in [9.17, 15) is 9.18 Å². The van der Waals surface area contributed by atoms with E-state index in [1.54, 1.807) is 23.9 Å². The Hall–Kier alpha value is -1.03. The van der Waals surface area contributed by atoms with Crippen LogP contribution < -0.4 is 0 Å². The number of thioether (sulfide) groups is 1. The highest BCUT2D eigenvalue weighted by Gasteiger charge is 2.20. The molecule has 1 saturated heterocycles. The van der Waals surface area contributed by atoms with E-state index in [4.69, 9.17) is 0 Å². The Labute approximate surface area is 118 Å². The standard InChI is InChI=1S/C15H20FNOS/c1-12-3-2-8-17(9-12)15(18)11-19-10-13-4-6-14(16)7-5-13/h4-7,12H,2-3,8-11H2,1H3. The van der Waals surface area contributed by atoms with Crippen molar-refractivity contribution in [3.8, 4) is 0 Å². The smallest absolute Gasteiger partial charge is 0.232 e. The van der Waals surface area contributed by atoms with Gasteiger partial charge in [0.2, 0.25) is 5.91 Å². The molecule has 1 fully saturated rings. The molecule has 1 heterocycles. The van der Waals surface area contributed by atoms with E-state index in [0.29, 0.717) is 11.7 Å². The number of hydrogen-bond donors (Lipinski definition) is 0. The zero-order chi connectivity index (χ0) is 13.7. The van der Waals surface area contributed by atoms with Crippen LogP contribution in [0.25, 0.3) is 0 Å². The van der Waals surface area contributed by atoms with Gasteiger partial charge >= 0.3 is 0 Å². The van der Waals surface area contributed by atoms with E-state index in [-0.39, 0.29) is 11.7 Å². The molecule has 0 saturated carbocycles. The summed E-state index contributed by atoms with van der Waals surface area (Å²) in [5.74, 6) is 1.92. The maximum absolute atomic E-state index is 12.7. The van der Waals surface area contributed by atoms with Gasteiger partial charge in [-0.3, -0.25) is 4.79 Å². The summed E-state index contributed by atoms with van der Waals surface area (Å²) < 4.78 is 12.7. The fourth-order valence-corrected chi connectivity index (χ4v) is 3.23. The largest absolute Gasteiger partial charge is 0.342 e. The van der Waals surface area contributed by atoms with Crippen molar-refractivity contribution in [2.45, 2.75) is 25.5 Å². The SMILES string of the molecule is CC1CCCN(C(=O)CSCc2ccc(F)cc2)C1. The Morgan fingerprint density at radius 3 is 2.84 bits per heavy atom. The number of halogens is 1. The summed E-state index contributed by atoms with van der Waals surface area (Å²) in [4.78, 5) is 14.0. The fourth-order valence-electron chi connectivity index (χ4n) is 2.34. The van der Waals surface area contributed by atoms with Crippen LogP contribution >= 0.6 is 11.8 Å². The number of rotatable bonds is 4. The number of carbonyl (C=O) groups excluding carboxylic acids is 1. The molecule has 0 aliphatic carbocycles. The zero-order valence-corrected chi connectivity index (χ0v) is 12.1. The summed E-state index contributed by atoms with van der Waals surface area (Å²) in [6.45, 7) is 4.00. The number of carbonyl (C=O) groups is 1. The number of benzene rings is 1. The summed E-state index contributed by atoms with van der Waals surface area (Å²) in [6, 6.07) is 6.47. The molecule has 1 aromatic rings. The Balaban J connectivity index is 1.73. The first-order chi connectivity index (χ1) is 9.15. The summed E-state index contributed by atoms with van der Waals surface area (Å²) in [5, 5.41) is 0. The minimum Gasteiger partial charge on any atom is -0.342 e. The van der Waals surface area contributed by atoms with E-state index in [0.717, 1.165) is 30.8 Å². The monoisotopic (exact) mass is 281 g/mol. The van der Waals surface area contributed by atoms with E-state index < -0.39 is 0 Å². The highest BCUT2D eigenvalue weighted by atomic mass is 32.2. The fraction of sp³-hybridized carbons (Fsp3) is 0.533. The summed E-state index contributed by atoms with van der Waals surface area (Å²) >= 11 is 1.60. The quantitative estimate of drug-likeness (QED) is 0.844. The molecule has 0 aromatic heterocycles. The van der Waals surface area contributed by atoms with Crippen molar-refractivity contribution in [1.82, 2.24) is 4.90 Å². The van der Waals surface area contributed by atoms with E-state index >= 15 is 0 Å². The number of amides is 1. The molecule has 1 atom stereocenters. The summed E-state index contributed by atoms with van der Waals surface area (Å²) in [6.07, 6.45) is 2.35. The molecule has 1 aromatic carbocycles. The first-order valence-corrected chi connectivity index (χ1v) is 7.90. The summed E-state index contributed by atoms with van der Waals surface area (Å²) in [5.41, 5.74) is 1.06. The van der Waals surface area contributed by atoms with Crippen LogP contribution in [0.15, 0.2) is 24.3 Å². The van der Waals surface area contributed by atoms with Crippen LogP contribution in [0.3, 0.4) is 0 Å². The first-order valence-electron chi connectivity index (χ1n) is 6.75. The minimum atomic E-state index is -0.216. The predicted octanol–water partition coefficient (Wildman–Crippen LogP) is 3.32. The van der Waals surface area contributed by atoms with Crippen LogP contribution in [0.2, 0.25) is 0 Å². The van der Waals surface area contributed by atoms with Crippen LogP contribution in [0.4, 0.5) is 4.39 Å². The van der Waals surface area contributed by atoms with Crippen LogP contribution in [0.1, 0.15) is 25.3 Å². The van der Waals surface area contributed by atoms with Gasteiger partial charge in [-0.05, 0) is 36.5 Å². The Morgan fingerprint density at radius 1 is 1.42 bits per heavy atom. The molecule has 1 aliphatic heterocycles. The molecule has 1 aliphatic rings. The summed E-state index contributed by atoms with van der Waals surface area (Å²) in [7, 11) is 0. The molecule has 0 bridgehead atoms. The average molecular weight is 281 g/mol. The van der Waals surface area contributed by atoms with Gasteiger partial charge in [0.05, 0.1) is 5.75 Å². The van der Waals surface area contributed by atoms with Crippen molar-refractivity contribution in [2.24, 2.45) is 5.92 Å². The Bertz CT molecular complexity index is 421. The molecular formula is C15H20FNOS. The van der Waals surface area contributed by atoms with Crippen molar-refractivity contribution >= 4 is 17.7 Å². The van der Waals surface area contributed by atoms with Gasteiger partial charge in [0.1, 0.15) is 5.82 Å². The second-order valence-corrected chi connectivity index (χ2v) is 6.19. The molecule has 19 heavy (non-hydrogen) atoms. The van der Waals surface area contributed by atoms with E-state index in [1.807, 2.05) is 4.90 Å². The number of likely N-dealkylation sites (tertiary alicyclic amines) is 1. The second kappa shape index (κ2) is 6.94. The van der Waals surface area contributed by atoms with Gasteiger partial charge in [-0.15, -0.1) is 11.8 Å². The van der Waals surface area contributed by atoms with Gasteiger partial charge in [0, 0.05) is 18.8 Å². The lowest BCUT2D eigenvalue weighted by atomic mass is 10.0. The molecule has 0 radical (unpaired) electrons. The van der Waals surface area contributed by atoms with Crippen LogP contribution in [0, 0.1) is 11.7 Å². The van der Waals surface area contributed by atoms with Crippen molar-refractivity contribution in [1.29, 1.82) is 0 Å².